The number of thiophene rings is 1. The lowest BCUT2D eigenvalue weighted by atomic mass is 10.0. The van der Waals surface area contributed by atoms with E-state index in [0.717, 1.165) is 12.0 Å². The van der Waals surface area contributed by atoms with Gasteiger partial charge in [0, 0.05) is 17.3 Å². The Bertz CT molecular complexity index is 578. The van der Waals surface area contributed by atoms with E-state index in [0.29, 0.717) is 11.3 Å². The second kappa shape index (κ2) is 5.88. The van der Waals surface area contributed by atoms with Crippen LogP contribution < -0.4 is 5.32 Å². The quantitative estimate of drug-likeness (QED) is 0.840. The molecule has 3 atom stereocenters. The van der Waals surface area contributed by atoms with Crippen LogP contribution >= 0.6 is 23.1 Å². The summed E-state index contributed by atoms with van der Waals surface area (Å²) in [4.78, 5) is 0. The highest BCUT2D eigenvalue weighted by molar-refractivity contribution is 8.01. The maximum atomic E-state index is 13.0. The highest BCUT2D eigenvalue weighted by Crippen LogP contribution is 2.44. The third kappa shape index (κ3) is 2.92. The average Bonchev–Trinajstić information content (AvgIpc) is 2.87. The van der Waals surface area contributed by atoms with Crippen molar-refractivity contribution >= 4 is 23.1 Å². The second-order valence-corrected chi connectivity index (χ2v) is 7.94. The fourth-order valence-corrected chi connectivity index (χ4v) is 5.22. The van der Waals surface area contributed by atoms with E-state index in [9.17, 15) is 4.39 Å². The van der Waals surface area contributed by atoms with Crippen LogP contribution in [0.3, 0.4) is 0 Å². The molecule has 1 aliphatic rings. The molecule has 0 aliphatic carbocycles. The average molecular weight is 307 g/mol. The first-order valence-corrected chi connectivity index (χ1v) is 8.65. The zero-order valence-corrected chi connectivity index (χ0v) is 13.2. The molecule has 1 nitrogen and oxygen atoms in total. The van der Waals surface area contributed by atoms with Crippen LogP contribution in [0.15, 0.2) is 39.9 Å². The van der Waals surface area contributed by atoms with Gasteiger partial charge in [-0.15, -0.1) is 23.1 Å². The first kappa shape index (κ1) is 14.1. The Balaban J connectivity index is 1.76. The largest absolute Gasteiger partial charge is 0.303 e. The van der Waals surface area contributed by atoms with Crippen LogP contribution in [-0.2, 0) is 0 Å². The molecule has 0 bridgehead atoms. The maximum absolute atomic E-state index is 13.0. The predicted octanol–water partition coefficient (Wildman–Crippen LogP) is 5.16. The first-order chi connectivity index (χ1) is 9.63. The lowest BCUT2D eigenvalue weighted by Crippen LogP contribution is -2.28. The van der Waals surface area contributed by atoms with E-state index >= 15 is 0 Å². The zero-order chi connectivity index (χ0) is 14.1. The molecule has 0 fully saturated rings. The molecular weight excluding hydrogens is 289 g/mol. The molecule has 1 aromatic heterocycles. The van der Waals surface area contributed by atoms with E-state index < -0.39 is 0 Å². The molecule has 20 heavy (non-hydrogen) atoms. The number of benzene rings is 1. The van der Waals surface area contributed by atoms with Gasteiger partial charge >= 0.3 is 0 Å². The summed E-state index contributed by atoms with van der Waals surface area (Å²) in [6.07, 6.45) is 1.14. The minimum absolute atomic E-state index is 0.177. The fraction of sp³-hybridized carbons (Fsp3) is 0.375. The van der Waals surface area contributed by atoms with Crippen LogP contribution in [0, 0.1) is 5.82 Å². The van der Waals surface area contributed by atoms with E-state index in [1.165, 1.54) is 21.9 Å². The Hall–Kier alpha value is -0.840. The molecule has 1 aromatic carbocycles. The molecule has 0 spiro atoms. The Morgan fingerprint density at radius 1 is 1.25 bits per heavy atom. The third-order valence-corrected chi connectivity index (χ3v) is 6.07. The number of hydrogen-bond donors (Lipinski definition) is 1. The van der Waals surface area contributed by atoms with Gasteiger partial charge in [-0.25, -0.2) is 4.39 Å². The van der Waals surface area contributed by atoms with E-state index in [4.69, 9.17) is 0 Å². The number of halogens is 1. The summed E-state index contributed by atoms with van der Waals surface area (Å²) in [7, 11) is 0. The summed E-state index contributed by atoms with van der Waals surface area (Å²) in [6, 6.07) is 9.64. The standard InChI is InChI=1S/C16H18FNS2/c1-10-9-15(14-7-8-19-16(14)20-10)18-11(2)12-3-5-13(17)6-4-12/h3-8,10-11,15,18H,9H2,1-2H3/t10-,11-,15?/m0/s1. The van der Waals surface area contributed by atoms with Crippen LogP contribution in [0.1, 0.15) is 43.5 Å². The molecule has 1 N–H and O–H groups in total. The first-order valence-electron chi connectivity index (χ1n) is 6.89. The lowest BCUT2D eigenvalue weighted by molar-refractivity contribution is 0.435. The number of fused-ring (bicyclic) bond motifs is 1. The minimum Gasteiger partial charge on any atom is -0.303 e. The van der Waals surface area contributed by atoms with Crippen LogP contribution in [0.25, 0.3) is 0 Å². The fourth-order valence-electron chi connectivity index (χ4n) is 2.66. The molecule has 1 unspecified atom stereocenters. The van der Waals surface area contributed by atoms with Crippen molar-refractivity contribution in [1.82, 2.24) is 5.32 Å². The van der Waals surface area contributed by atoms with E-state index in [-0.39, 0.29) is 11.9 Å². The Morgan fingerprint density at radius 2 is 2.00 bits per heavy atom. The number of rotatable bonds is 3. The smallest absolute Gasteiger partial charge is 0.123 e. The van der Waals surface area contributed by atoms with Crippen LogP contribution in [-0.4, -0.2) is 5.25 Å². The van der Waals surface area contributed by atoms with Gasteiger partial charge in [-0.05, 0) is 48.1 Å². The Kier molecular flexibility index (Phi) is 4.15. The van der Waals surface area contributed by atoms with Gasteiger partial charge in [0.25, 0.3) is 0 Å². The van der Waals surface area contributed by atoms with Gasteiger partial charge in [0.1, 0.15) is 5.82 Å². The normalized spacial score (nSPS) is 23.4. The van der Waals surface area contributed by atoms with Gasteiger partial charge in [-0.1, -0.05) is 19.1 Å². The van der Waals surface area contributed by atoms with Gasteiger partial charge in [-0.2, -0.15) is 0 Å². The highest BCUT2D eigenvalue weighted by atomic mass is 32.2. The van der Waals surface area contributed by atoms with E-state index in [1.54, 1.807) is 0 Å². The summed E-state index contributed by atoms with van der Waals surface area (Å²) in [5, 5.41) is 6.51. The van der Waals surface area contributed by atoms with Crippen LogP contribution in [0.2, 0.25) is 0 Å². The number of thioether (sulfide) groups is 1. The Morgan fingerprint density at radius 3 is 2.75 bits per heavy atom. The van der Waals surface area contributed by atoms with Crippen LogP contribution in [0.4, 0.5) is 4.39 Å². The SMILES string of the molecule is C[C@H](NC1C[C@H](C)Sc2sccc21)c1ccc(F)cc1. The monoisotopic (exact) mass is 307 g/mol. The summed E-state index contributed by atoms with van der Waals surface area (Å²) < 4.78 is 14.4. The molecule has 0 radical (unpaired) electrons. The molecule has 2 heterocycles. The number of hydrogen-bond acceptors (Lipinski definition) is 3. The summed E-state index contributed by atoms with van der Waals surface area (Å²) in [6.45, 7) is 4.43. The zero-order valence-electron chi connectivity index (χ0n) is 11.6. The molecule has 3 rings (SSSR count). The van der Waals surface area contributed by atoms with Crippen molar-refractivity contribution in [2.75, 3.05) is 0 Å². The van der Waals surface area contributed by atoms with E-state index in [2.05, 4.69) is 30.6 Å². The highest BCUT2D eigenvalue weighted by Gasteiger charge is 2.27. The third-order valence-electron chi connectivity index (χ3n) is 3.73. The van der Waals surface area contributed by atoms with Gasteiger partial charge in [0.2, 0.25) is 0 Å². The molecule has 0 saturated heterocycles. The minimum atomic E-state index is -0.177. The number of nitrogens with one attached hydrogen (secondary N) is 1. The Labute approximate surface area is 127 Å². The van der Waals surface area contributed by atoms with Crippen molar-refractivity contribution in [3.63, 3.8) is 0 Å². The van der Waals surface area contributed by atoms with Crippen molar-refractivity contribution in [3.05, 3.63) is 52.7 Å². The summed E-state index contributed by atoms with van der Waals surface area (Å²) in [5.74, 6) is -0.177. The van der Waals surface area contributed by atoms with Gasteiger partial charge in [-0.3, -0.25) is 0 Å². The summed E-state index contributed by atoms with van der Waals surface area (Å²) in [5.41, 5.74) is 2.56. The molecule has 2 aromatic rings. The molecule has 0 amide bonds. The molecule has 4 heteroatoms. The van der Waals surface area contributed by atoms with Crippen molar-refractivity contribution in [1.29, 1.82) is 0 Å². The maximum Gasteiger partial charge on any atom is 0.123 e. The molecule has 0 saturated carbocycles. The van der Waals surface area contributed by atoms with Crippen molar-refractivity contribution < 1.29 is 4.39 Å². The lowest BCUT2D eigenvalue weighted by Gasteiger charge is -2.30. The second-order valence-electron chi connectivity index (χ2n) is 5.32. The van der Waals surface area contributed by atoms with Crippen LogP contribution in [0.5, 0.6) is 0 Å². The predicted molar refractivity (Wildman–Crippen MR) is 84.9 cm³/mol. The van der Waals surface area contributed by atoms with Crippen molar-refractivity contribution in [2.24, 2.45) is 0 Å². The van der Waals surface area contributed by atoms with Crippen molar-refractivity contribution in [2.45, 2.75) is 41.8 Å². The molecular formula is C16H18FNS2. The molecule has 1 aliphatic heterocycles. The van der Waals surface area contributed by atoms with Gasteiger partial charge in [0.15, 0.2) is 0 Å². The molecule has 106 valence electrons. The van der Waals surface area contributed by atoms with E-state index in [1.807, 2.05) is 35.2 Å². The van der Waals surface area contributed by atoms with Gasteiger partial charge in [0.05, 0.1) is 4.21 Å². The van der Waals surface area contributed by atoms with Gasteiger partial charge < -0.3 is 5.32 Å². The topological polar surface area (TPSA) is 12.0 Å². The summed E-state index contributed by atoms with van der Waals surface area (Å²) >= 11 is 3.81. The van der Waals surface area contributed by atoms with Crippen molar-refractivity contribution in [3.8, 4) is 0 Å².